The van der Waals surface area contributed by atoms with E-state index in [1.54, 1.807) is 0 Å². The minimum absolute atomic E-state index is 0.0844. The zero-order valence-electron chi connectivity index (χ0n) is 53.7. The molecule has 19 heteroatoms. The second-order valence-electron chi connectivity index (χ2n) is 23.8. The normalized spacial score (nSPS) is 14.5. The Kier molecular flexibility index (Phi) is 55.3. The van der Waals surface area contributed by atoms with Gasteiger partial charge in [0.05, 0.1) is 26.4 Å². The van der Waals surface area contributed by atoms with Crippen LogP contribution in [0.3, 0.4) is 0 Å². The molecule has 0 saturated carbocycles. The van der Waals surface area contributed by atoms with Gasteiger partial charge in [-0.05, 0) is 63.2 Å². The van der Waals surface area contributed by atoms with Gasteiger partial charge < -0.3 is 33.8 Å². The molecule has 3 N–H and O–H groups in total. The predicted octanol–water partition coefficient (Wildman–Crippen LogP) is 17.6. The van der Waals surface area contributed by atoms with E-state index < -0.39 is 97.5 Å². The average molecular weight is 1240 g/mol. The lowest BCUT2D eigenvalue weighted by Gasteiger charge is -2.21. The fourth-order valence-electron chi connectivity index (χ4n) is 9.17. The lowest BCUT2D eigenvalue weighted by Crippen LogP contribution is -2.30. The first-order chi connectivity index (χ1) is 40.4. The first-order valence-corrected chi connectivity index (χ1v) is 36.3. The van der Waals surface area contributed by atoms with E-state index in [0.29, 0.717) is 25.7 Å². The molecule has 0 bridgehead atoms. The molecule has 2 unspecified atom stereocenters. The second kappa shape index (κ2) is 57.0. The fraction of sp³-hybridized carbons (Fsp3) is 0.877. The summed E-state index contributed by atoms with van der Waals surface area (Å²) in [4.78, 5) is 72.0. The van der Waals surface area contributed by atoms with E-state index in [4.69, 9.17) is 37.0 Å². The molecule has 494 valence electrons. The molecule has 84 heavy (non-hydrogen) atoms. The Morgan fingerprint density at radius 2 is 0.643 bits per heavy atom. The summed E-state index contributed by atoms with van der Waals surface area (Å²) in [6.45, 7) is 9.29. The molecule has 0 aliphatic heterocycles. The van der Waals surface area contributed by atoms with E-state index in [0.717, 1.165) is 121 Å². The van der Waals surface area contributed by atoms with Gasteiger partial charge in [-0.2, -0.15) is 0 Å². The molecule has 0 aliphatic carbocycles. The van der Waals surface area contributed by atoms with E-state index in [2.05, 4.69) is 65.8 Å². The molecule has 0 aromatic carbocycles. The molecule has 0 heterocycles. The summed E-state index contributed by atoms with van der Waals surface area (Å²) in [7, 11) is -9.89. The monoisotopic (exact) mass is 1240 g/mol. The Bertz CT molecular complexity index is 1740. The lowest BCUT2D eigenvalue weighted by molar-refractivity contribution is -0.161. The quantitative estimate of drug-likeness (QED) is 0.0169. The van der Waals surface area contributed by atoms with Gasteiger partial charge in [0.25, 0.3) is 0 Å². The highest BCUT2D eigenvalue weighted by Gasteiger charge is 2.30. The molecule has 0 spiro atoms. The molecule has 0 aromatic heterocycles. The van der Waals surface area contributed by atoms with Gasteiger partial charge in [0.2, 0.25) is 0 Å². The van der Waals surface area contributed by atoms with Crippen molar-refractivity contribution in [2.75, 3.05) is 39.6 Å². The van der Waals surface area contributed by atoms with Crippen LogP contribution in [-0.2, 0) is 65.4 Å². The van der Waals surface area contributed by atoms with E-state index in [9.17, 15) is 43.2 Å². The number of phosphoric acid groups is 2. The van der Waals surface area contributed by atoms with Gasteiger partial charge in [-0.1, -0.05) is 246 Å². The second-order valence-corrected chi connectivity index (χ2v) is 26.7. The molecule has 0 amide bonds. The highest BCUT2D eigenvalue weighted by Crippen LogP contribution is 2.45. The number of carbonyl (C=O) groups is 4. The third-order valence-electron chi connectivity index (χ3n) is 14.3. The van der Waals surface area contributed by atoms with Crippen molar-refractivity contribution in [2.24, 2.45) is 11.8 Å². The van der Waals surface area contributed by atoms with Gasteiger partial charge in [-0.25, -0.2) is 9.13 Å². The molecule has 0 aliphatic rings. The number of aliphatic hydroxyl groups excluding tert-OH is 1. The van der Waals surface area contributed by atoms with Gasteiger partial charge in [-0.3, -0.25) is 37.3 Å². The summed E-state index contributed by atoms with van der Waals surface area (Å²) in [5.74, 6) is -0.702. The molecular formula is C65H122O17P2. The van der Waals surface area contributed by atoms with Crippen LogP contribution in [0.25, 0.3) is 0 Å². The highest BCUT2D eigenvalue weighted by molar-refractivity contribution is 7.47. The zero-order valence-corrected chi connectivity index (χ0v) is 55.5. The molecule has 0 aromatic rings. The molecule has 0 rings (SSSR count). The number of hydrogen-bond acceptors (Lipinski definition) is 15. The van der Waals surface area contributed by atoms with Crippen molar-refractivity contribution < 1.29 is 80.2 Å². The fourth-order valence-corrected chi connectivity index (χ4v) is 10.7. The third-order valence-corrected chi connectivity index (χ3v) is 16.2. The van der Waals surface area contributed by atoms with Crippen LogP contribution < -0.4 is 0 Å². The van der Waals surface area contributed by atoms with Crippen LogP contribution in [0.2, 0.25) is 0 Å². The average Bonchev–Trinajstić information content (AvgIpc) is 3.45. The topological polar surface area (TPSA) is 237 Å². The summed E-state index contributed by atoms with van der Waals surface area (Å²) in [5.41, 5.74) is 0. The number of ether oxygens (including phenoxy) is 4. The predicted molar refractivity (Wildman–Crippen MR) is 335 cm³/mol. The Morgan fingerprint density at radius 3 is 0.976 bits per heavy atom. The van der Waals surface area contributed by atoms with Crippen molar-refractivity contribution in [2.45, 2.75) is 317 Å². The van der Waals surface area contributed by atoms with E-state index in [-0.39, 0.29) is 25.7 Å². The number of unbranched alkanes of at least 4 members (excludes halogenated alkanes) is 29. The summed E-state index contributed by atoms with van der Waals surface area (Å²) >= 11 is 0. The Hall–Kier alpha value is -2.46. The lowest BCUT2D eigenvalue weighted by atomic mass is 10.0. The SMILES string of the molecule is CCCCCC/C=C\C=C/CCCCCCCC(=O)O[C@H](COC(=O)CCCCCCCCCCCCC(C)C)COP(=O)(O)OC[C@@H](O)COP(=O)(O)OC[C@@H](COC(=O)CCCCCCC)OC(=O)CCCCCCCCCCC(C)C. The highest BCUT2D eigenvalue weighted by atomic mass is 31.2. The summed E-state index contributed by atoms with van der Waals surface area (Å²) in [6.07, 6.45) is 42.9. The van der Waals surface area contributed by atoms with Crippen molar-refractivity contribution in [3.05, 3.63) is 24.3 Å². The Labute approximate surface area is 510 Å². The third kappa shape index (κ3) is 58.6. The van der Waals surface area contributed by atoms with Crippen molar-refractivity contribution in [1.82, 2.24) is 0 Å². The first-order valence-electron chi connectivity index (χ1n) is 33.3. The molecule has 0 fully saturated rings. The minimum Gasteiger partial charge on any atom is -0.462 e. The minimum atomic E-state index is -4.95. The smallest absolute Gasteiger partial charge is 0.462 e. The number of rotatable bonds is 62. The number of phosphoric ester groups is 2. The number of hydrogen-bond donors (Lipinski definition) is 3. The van der Waals surface area contributed by atoms with E-state index in [1.165, 1.54) is 96.3 Å². The van der Waals surface area contributed by atoms with Crippen LogP contribution in [0.1, 0.15) is 298 Å². The molecule has 0 saturated heterocycles. The van der Waals surface area contributed by atoms with Gasteiger partial charge in [0, 0.05) is 25.7 Å². The van der Waals surface area contributed by atoms with Crippen molar-refractivity contribution in [1.29, 1.82) is 0 Å². The van der Waals surface area contributed by atoms with E-state index >= 15 is 0 Å². The zero-order chi connectivity index (χ0) is 62.2. The van der Waals surface area contributed by atoms with Gasteiger partial charge in [-0.15, -0.1) is 0 Å². The number of allylic oxidation sites excluding steroid dienone is 4. The molecule has 5 atom stereocenters. The molecular weight excluding hydrogens is 1110 g/mol. The first kappa shape index (κ1) is 81.5. The van der Waals surface area contributed by atoms with Crippen molar-refractivity contribution >= 4 is 39.5 Å². The molecule has 0 radical (unpaired) electrons. The maximum Gasteiger partial charge on any atom is 0.472 e. The number of carbonyl (C=O) groups excluding carboxylic acids is 4. The maximum absolute atomic E-state index is 13.0. The summed E-state index contributed by atoms with van der Waals surface area (Å²) in [5, 5.41) is 10.5. The van der Waals surface area contributed by atoms with Crippen LogP contribution in [-0.4, -0.2) is 96.7 Å². The Morgan fingerprint density at radius 1 is 0.369 bits per heavy atom. The Balaban J connectivity index is 5.22. The standard InChI is InChI=1S/C65H122O17P2/c1-7-9-11-13-14-15-16-17-18-19-20-25-31-37-43-49-64(69)82-61(54-76-63(68)48-42-36-30-24-22-21-23-28-34-39-45-57(3)4)56-80-84(73,74)78-52-59(66)51-77-83(71,72)79-55-60(53-75-62(67)47-41-33-12-10-8-2)81-65(70)50-44-38-32-27-26-29-35-40-46-58(5)6/h15-18,57-61,66H,7-14,19-56H2,1-6H3,(H,71,72)(H,73,74)/b16-15-,18-17-/t59-,60+,61+/m0/s1. The van der Waals surface area contributed by atoms with Crippen LogP contribution in [0, 0.1) is 11.8 Å². The molecule has 17 nitrogen and oxygen atoms in total. The van der Waals surface area contributed by atoms with Crippen LogP contribution in [0.4, 0.5) is 0 Å². The number of esters is 4. The largest absolute Gasteiger partial charge is 0.472 e. The van der Waals surface area contributed by atoms with Gasteiger partial charge >= 0.3 is 39.5 Å². The van der Waals surface area contributed by atoms with Crippen molar-refractivity contribution in [3.63, 3.8) is 0 Å². The summed E-state index contributed by atoms with van der Waals surface area (Å²) < 4.78 is 67.8. The van der Waals surface area contributed by atoms with Crippen LogP contribution >= 0.6 is 15.6 Å². The van der Waals surface area contributed by atoms with Crippen LogP contribution in [0.15, 0.2) is 24.3 Å². The summed E-state index contributed by atoms with van der Waals surface area (Å²) in [6, 6.07) is 0. The van der Waals surface area contributed by atoms with Gasteiger partial charge in [0.1, 0.15) is 19.3 Å². The maximum atomic E-state index is 13.0. The van der Waals surface area contributed by atoms with E-state index in [1.807, 2.05) is 0 Å². The van der Waals surface area contributed by atoms with Gasteiger partial charge in [0.15, 0.2) is 12.2 Å². The number of aliphatic hydroxyl groups is 1. The van der Waals surface area contributed by atoms with Crippen molar-refractivity contribution in [3.8, 4) is 0 Å². The van der Waals surface area contributed by atoms with Crippen LogP contribution in [0.5, 0.6) is 0 Å².